The summed E-state index contributed by atoms with van der Waals surface area (Å²) in [5.74, 6) is 0. The number of aromatic amines is 2. The van der Waals surface area contributed by atoms with Gasteiger partial charge in [-0.1, -0.05) is 0 Å². The van der Waals surface area contributed by atoms with Crippen molar-refractivity contribution >= 4 is 11.0 Å². The van der Waals surface area contributed by atoms with Gasteiger partial charge in [-0.3, -0.25) is 0 Å². The summed E-state index contributed by atoms with van der Waals surface area (Å²) in [5, 5.41) is 9.04. The highest BCUT2D eigenvalue weighted by atomic mass is 15.1. The van der Waals surface area contributed by atoms with Crippen LogP contribution in [0.25, 0.3) is 22.2 Å². The average molecular weight is 184 g/mol. The fraction of sp³-hybridized carbons (Fsp3) is 0. The second-order valence-electron chi connectivity index (χ2n) is 3.10. The molecule has 0 spiro atoms. The van der Waals surface area contributed by atoms with Crippen LogP contribution in [0, 0.1) is 0 Å². The van der Waals surface area contributed by atoms with E-state index in [2.05, 4.69) is 20.2 Å². The summed E-state index contributed by atoms with van der Waals surface area (Å²) in [6.07, 6.45) is 7.49. The molecule has 4 nitrogen and oxygen atoms in total. The van der Waals surface area contributed by atoms with E-state index in [1.807, 2.05) is 30.7 Å². The Bertz CT molecular complexity index is 550. The smallest absolute Gasteiger partial charge is 0.160 e. The predicted molar refractivity (Wildman–Crippen MR) is 53.7 cm³/mol. The van der Waals surface area contributed by atoms with Gasteiger partial charge in [-0.2, -0.15) is 5.10 Å². The predicted octanol–water partition coefficient (Wildman–Crippen LogP) is 1.95. The van der Waals surface area contributed by atoms with Gasteiger partial charge in [0.1, 0.15) is 0 Å². The topological polar surface area (TPSA) is 57.4 Å². The molecule has 0 aliphatic rings. The molecule has 4 heteroatoms. The van der Waals surface area contributed by atoms with Crippen LogP contribution >= 0.6 is 0 Å². The standard InChI is InChI=1S/C10H8N4/c1-3-11-5-7(1)9-6-13-14-10-8(9)2-4-12-10/h1-6,11H,(H,12,14). The van der Waals surface area contributed by atoms with E-state index < -0.39 is 0 Å². The Balaban J connectivity index is 2.36. The van der Waals surface area contributed by atoms with Gasteiger partial charge in [-0.05, 0) is 12.1 Å². The second kappa shape index (κ2) is 2.70. The minimum absolute atomic E-state index is 0.823. The lowest BCUT2D eigenvalue weighted by molar-refractivity contribution is 1.06. The Morgan fingerprint density at radius 1 is 1.14 bits per heavy atom. The van der Waals surface area contributed by atoms with Gasteiger partial charge < -0.3 is 9.97 Å². The number of fused-ring (bicyclic) bond motifs is 1. The van der Waals surface area contributed by atoms with Gasteiger partial charge in [0.2, 0.25) is 0 Å². The lowest BCUT2D eigenvalue weighted by Crippen LogP contribution is -1.84. The Morgan fingerprint density at radius 2 is 2.14 bits per heavy atom. The SMILES string of the molecule is c1cc(-c2cnnc3[nH]ccc23)c[nH]1. The highest BCUT2D eigenvalue weighted by Crippen LogP contribution is 2.25. The average Bonchev–Trinajstić information content (AvgIpc) is 2.88. The molecule has 3 heterocycles. The van der Waals surface area contributed by atoms with Crippen molar-refractivity contribution in [1.82, 2.24) is 20.2 Å². The zero-order valence-electron chi connectivity index (χ0n) is 7.36. The highest BCUT2D eigenvalue weighted by molar-refractivity contribution is 5.91. The van der Waals surface area contributed by atoms with Crippen LogP contribution in [0.15, 0.2) is 36.9 Å². The molecule has 0 fully saturated rings. The first-order valence-electron chi connectivity index (χ1n) is 4.37. The molecule has 0 radical (unpaired) electrons. The van der Waals surface area contributed by atoms with Crippen LogP contribution in [0.2, 0.25) is 0 Å². The van der Waals surface area contributed by atoms with Crippen LogP contribution in [-0.4, -0.2) is 20.2 Å². The van der Waals surface area contributed by atoms with Crippen LogP contribution < -0.4 is 0 Å². The maximum absolute atomic E-state index is 4.00. The fourth-order valence-corrected chi connectivity index (χ4v) is 1.60. The van der Waals surface area contributed by atoms with E-state index in [-0.39, 0.29) is 0 Å². The monoisotopic (exact) mass is 184 g/mol. The number of aromatic nitrogens is 4. The maximum atomic E-state index is 4.00. The third-order valence-electron chi connectivity index (χ3n) is 2.27. The van der Waals surface area contributed by atoms with Crippen LogP contribution in [0.4, 0.5) is 0 Å². The van der Waals surface area contributed by atoms with Crippen LogP contribution in [0.5, 0.6) is 0 Å². The van der Waals surface area contributed by atoms with Crippen molar-refractivity contribution in [3.8, 4) is 11.1 Å². The van der Waals surface area contributed by atoms with E-state index in [4.69, 9.17) is 0 Å². The Morgan fingerprint density at radius 3 is 3.00 bits per heavy atom. The molecule has 0 bridgehead atoms. The first-order chi connectivity index (χ1) is 6.95. The maximum Gasteiger partial charge on any atom is 0.160 e. The van der Waals surface area contributed by atoms with Gasteiger partial charge in [-0.25, -0.2) is 0 Å². The molecule has 0 aromatic carbocycles. The molecular weight excluding hydrogens is 176 g/mol. The van der Waals surface area contributed by atoms with Gasteiger partial charge >= 0.3 is 0 Å². The minimum Gasteiger partial charge on any atom is -0.367 e. The highest BCUT2D eigenvalue weighted by Gasteiger charge is 2.05. The largest absolute Gasteiger partial charge is 0.367 e. The molecule has 14 heavy (non-hydrogen) atoms. The van der Waals surface area contributed by atoms with E-state index in [9.17, 15) is 0 Å². The summed E-state index contributed by atoms with van der Waals surface area (Å²) in [7, 11) is 0. The van der Waals surface area contributed by atoms with E-state index in [1.54, 1.807) is 6.20 Å². The van der Waals surface area contributed by atoms with E-state index in [0.29, 0.717) is 0 Å². The molecule has 3 rings (SSSR count). The van der Waals surface area contributed by atoms with Gasteiger partial charge in [0.15, 0.2) is 5.65 Å². The quantitative estimate of drug-likeness (QED) is 0.607. The minimum atomic E-state index is 0.823. The van der Waals surface area contributed by atoms with Gasteiger partial charge in [-0.15, -0.1) is 5.10 Å². The third kappa shape index (κ3) is 0.939. The van der Waals surface area contributed by atoms with E-state index in [1.165, 1.54) is 0 Å². The number of nitrogens with one attached hydrogen (secondary N) is 2. The molecule has 0 saturated heterocycles. The van der Waals surface area contributed by atoms with E-state index in [0.717, 1.165) is 22.2 Å². The van der Waals surface area contributed by atoms with Crippen molar-refractivity contribution < 1.29 is 0 Å². The molecule has 0 aliphatic carbocycles. The number of hydrogen-bond donors (Lipinski definition) is 2. The molecule has 3 aromatic rings. The fourth-order valence-electron chi connectivity index (χ4n) is 1.60. The summed E-state index contributed by atoms with van der Waals surface area (Å²) in [5.41, 5.74) is 3.05. The third-order valence-corrected chi connectivity index (χ3v) is 2.27. The lowest BCUT2D eigenvalue weighted by atomic mass is 10.1. The zero-order chi connectivity index (χ0) is 9.38. The Labute approximate surface area is 80.0 Å². The molecule has 0 saturated carbocycles. The van der Waals surface area contributed by atoms with Crippen molar-refractivity contribution in [2.45, 2.75) is 0 Å². The molecular formula is C10H8N4. The van der Waals surface area contributed by atoms with Gasteiger partial charge in [0.25, 0.3) is 0 Å². The summed E-state index contributed by atoms with van der Waals surface area (Å²) in [6, 6.07) is 4.02. The number of nitrogens with zero attached hydrogens (tertiary/aromatic N) is 2. The van der Waals surface area contributed by atoms with Crippen molar-refractivity contribution in [2.75, 3.05) is 0 Å². The molecule has 0 atom stereocenters. The van der Waals surface area contributed by atoms with Crippen molar-refractivity contribution in [3.05, 3.63) is 36.9 Å². The molecule has 0 aliphatic heterocycles. The summed E-state index contributed by atoms with van der Waals surface area (Å²) < 4.78 is 0. The van der Waals surface area contributed by atoms with Crippen molar-refractivity contribution in [1.29, 1.82) is 0 Å². The normalized spacial score (nSPS) is 10.9. The first kappa shape index (κ1) is 7.32. The van der Waals surface area contributed by atoms with Gasteiger partial charge in [0, 0.05) is 35.1 Å². The molecule has 68 valence electrons. The molecule has 0 unspecified atom stereocenters. The Kier molecular flexibility index (Phi) is 1.41. The van der Waals surface area contributed by atoms with Crippen molar-refractivity contribution in [3.63, 3.8) is 0 Å². The van der Waals surface area contributed by atoms with Crippen LogP contribution in [0.1, 0.15) is 0 Å². The zero-order valence-corrected chi connectivity index (χ0v) is 7.36. The molecule has 3 aromatic heterocycles. The summed E-state index contributed by atoms with van der Waals surface area (Å²) in [6.45, 7) is 0. The van der Waals surface area contributed by atoms with Gasteiger partial charge in [0.05, 0.1) is 6.20 Å². The number of H-pyrrole nitrogens is 2. The summed E-state index contributed by atoms with van der Waals surface area (Å²) >= 11 is 0. The lowest BCUT2D eigenvalue weighted by Gasteiger charge is -1.97. The number of hydrogen-bond acceptors (Lipinski definition) is 2. The van der Waals surface area contributed by atoms with Crippen LogP contribution in [-0.2, 0) is 0 Å². The number of rotatable bonds is 1. The Hall–Kier alpha value is -2.10. The van der Waals surface area contributed by atoms with E-state index >= 15 is 0 Å². The molecule has 2 N–H and O–H groups in total. The second-order valence-corrected chi connectivity index (χ2v) is 3.10. The van der Waals surface area contributed by atoms with Crippen LogP contribution in [0.3, 0.4) is 0 Å². The molecule has 0 amide bonds. The summed E-state index contributed by atoms with van der Waals surface area (Å²) in [4.78, 5) is 6.06. The first-order valence-corrected chi connectivity index (χ1v) is 4.37. The van der Waals surface area contributed by atoms with Crippen molar-refractivity contribution in [2.24, 2.45) is 0 Å².